The fraction of sp³-hybridized carbons (Fsp3) is 0.333. The van der Waals surface area contributed by atoms with Gasteiger partial charge in [-0.25, -0.2) is 12.8 Å². The first-order valence-corrected chi connectivity index (χ1v) is 9.60. The van der Waals surface area contributed by atoms with E-state index in [-0.39, 0.29) is 11.6 Å². The molecule has 0 radical (unpaired) electrons. The van der Waals surface area contributed by atoms with E-state index in [4.69, 9.17) is 0 Å². The third kappa shape index (κ3) is 3.24. The highest BCUT2D eigenvalue weighted by molar-refractivity contribution is 7.92. The molecule has 24 heavy (non-hydrogen) atoms. The minimum absolute atomic E-state index is 0.136. The van der Waals surface area contributed by atoms with Crippen molar-refractivity contribution in [3.05, 3.63) is 59.9 Å². The number of fused-ring (bicyclic) bond motifs is 1. The van der Waals surface area contributed by atoms with Gasteiger partial charge in [-0.05, 0) is 43.7 Å². The van der Waals surface area contributed by atoms with Crippen LogP contribution in [-0.2, 0) is 15.8 Å². The van der Waals surface area contributed by atoms with Crippen LogP contribution in [0, 0.1) is 5.82 Å². The van der Waals surface area contributed by atoms with E-state index in [2.05, 4.69) is 18.7 Å². The minimum atomic E-state index is -3.53. The monoisotopic (exact) mass is 348 g/mol. The normalized spacial score (nSPS) is 14.8. The molecular weight excluding hydrogens is 327 g/mol. The van der Waals surface area contributed by atoms with Crippen molar-refractivity contribution in [1.29, 1.82) is 0 Å². The van der Waals surface area contributed by atoms with Crippen molar-refractivity contribution in [1.82, 2.24) is 0 Å². The van der Waals surface area contributed by atoms with Gasteiger partial charge in [-0.15, -0.1) is 0 Å². The summed E-state index contributed by atoms with van der Waals surface area (Å²) in [6.45, 7) is 5.26. The van der Waals surface area contributed by atoms with E-state index in [0.717, 1.165) is 5.69 Å². The van der Waals surface area contributed by atoms with Crippen molar-refractivity contribution in [2.45, 2.75) is 25.6 Å². The largest absolute Gasteiger partial charge is 0.366 e. The highest BCUT2D eigenvalue weighted by Gasteiger charge is 2.31. The summed E-state index contributed by atoms with van der Waals surface area (Å²) in [4.78, 5) is 2.21. The maximum Gasteiger partial charge on any atom is 0.239 e. The Kier molecular flexibility index (Phi) is 4.49. The van der Waals surface area contributed by atoms with E-state index in [1.54, 1.807) is 0 Å². The van der Waals surface area contributed by atoms with Gasteiger partial charge in [-0.2, -0.15) is 0 Å². The lowest BCUT2D eigenvalue weighted by molar-refractivity contribution is 0.583. The molecule has 0 saturated carbocycles. The molecule has 0 spiro atoms. The van der Waals surface area contributed by atoms with E-state index in [0.29, 0.717) is 30.4 Å². The Morgan fingerprint density at radius 3 is 2.25 bits per heavy atom. The van der Waals surface area contributed by atoms with Crippen molar-refractivity contribution in [3.8, 4) is 0 Å². The molecule has 2 aromatic rings. The molecule has 128 valence electrons. The van der Waals surface area contributed by atoms with E-state index >= 15 is 0 Å². The number of hydrogen-bond acceptors (Lipinski definition) is 3. The third-order valence-electron chi connectivity index (χ3n) is 4.23. The first kappa shape index (κ1) is 16.8. The van der Waals surface area contributed by atoms with Crippen LogP contribution in [0.15, 0.2) is 48.5 Å². The average molecular weight is 348 g/mol. The Labute approximate surface area is 142 Å². The first-order chi connectivity index (χ1) is 11.4. The topological polar surface area (TPSA) is 40.6 Å². The molecule has 4 nitrogen and oxygen atoms in total. The standard InChI is InChI=1S/C18H21FN2O2S/c1-14(2)20-11-12-21(18-6-4-3-5-17(18)20)24(22,23)13-15-7-9-16(19)10-8-15/h3-10,14H,11-13H2,1-2H3. The van der Waals surface area contributed by atoms with Crippen LogP contribution in [-0.4, -0.2) is 27.5 Å². The van der Waals surface area contributed by atoms with Crippen LogP contribution in [0.4, 0.5) is 15.8 Å². The van der Waals surface area contributed by atoms with Gasteiger partial charge in [-0.1, -0.05) is 24.3 Å². The van der Waals surface area contributed by atoms with Gasteiger partial charge in [0, 0.05) is 12.6 Å². The zero-order valence-electron chi connectivity index (χ0n) is 13.8. The van der Waals surface area contributed by atoms with Gasteiger partial charge >= 0.3 is 0 Å². The molecular formula is C18H21FN2O2S. The van der Waals surface area contributed by atoms with Gasteiger partial charge in [-0.3, -0.25) is 4.31 Å². The quantitative estimate of drug-likeness (QED) is 0.850. The second-order valence-electron chi connectivity index (χ2n) is 6.23. The molecule has 2 aromatic carbocycles. The number of para-hydroxylation sites is 2. The average Bonchev–Trinajstić information content (AvgIpc) is 2.55. The van der Waals surface area contributed by atoms with E-state index < -0.39 is 10.0 Å². The summed E-state index contributed by atoms with van der Waals surface area (Å²) in [5, 5.41) is 0. The van der Waals surface area contributed by atoms with Crippen LogP contribution < -0.4 is 9.21 Å². The lowest BCUT2D eigenvalue weighted by Crippen LogP contribution is -2.46. The van der Waals surface area contributed by atoms with Crippen molar-refractivity contribution in [2.75, 3.05) is 22.3 Å². The summed E-state index contributed by atoms with van der Waals surface area (Å²) in [6, 6.07) is 13.5. The molecule has 0 N–H and O–H groups in total. The van der Waals surface area contributed by atoms with Gasteiger partial charge in [0.2, 0.25) is 10.0 Å². The fourth-order valence-electron chi connectivity index (χ4n) is 3.05. The zero-order chi connectivity index (χ0) is 17.3. The molecule has 0 saturated heterocycles. The molecule has 6 heteroatoms. The fourth-order valence-corrected chi connectivity index (χ4v) is 4.64. The van der Waals surface area contributed by atoms with Crippen molar-refractivity contribution >= 4 is 21.4 Å². The van der Waals surface area contributed by atoms with Crippen molar-refractivity contribution < 1.29 is 12.8 Å². The summed E-state index contributed by atoms with van der Waals surface area (Å²) in [5.74, 6) is -0.504. The number of sulfonamides is 1. The molecule has 0 fully saturated rings. The number of benzene rings is 2. The number of hydrogen-bond donors (Lipinski definition) is 0. The maximum atomic E-state index is 13.0. The van der Waals surface area contributed by atoms with Crippen molar-refractivity contribution in [2.24, 2.45) is 0 Å². The molecule has 1 aliphatic heterocycles. The van der Waals surface area contributed by atoms with Crippen LogP contribution >= 0.6 is 0 Å². The Morgan fingerprint density at radius 1 is 1.00 bits per heavy atom. The second kappa shape index (κ2) is 6.43. The van der Waals surface area contributed by atoms with Crippen LogP contribution in [0.5, 0.6) is 0 Å². The van der Waals surface area contributed by atoms with Gasteiger partial charge in [0.15, 0.2) is 0 Å². The molecule has 0 atom stereocenters. The molecule has 0 aromatic heterocycles. The number of anilines is 2. The van der Waals surface area contributed by atoms with Crippen LogP contribution in [0.25, 0.3) is 0 Å². The van der Waals surface area contributed by atoms with E-state index in [1.807, 2.05) is 24.3 Å². The SMILES string of the molecule is CC(C)N1CCN(S(=O)(=O)Cc2ccc(F)cc2)c2ccccc21. The highest BCUT2D eigenvalue weighted by Crippen LogP contribution is 2.36. The van der Waals surface area contributed by atoms with Gasteiger partial charge < -0.3 is 4.90 Å². The predicted octanol–water partition coefficient (Wildman–Crippen LogP) is 3.39. The van der Waals surface area contributed by atoms with Gasteiger partial charge in [0.25, 0.3) is 0 Å². The molecule has 0 amide bonds. The summed E-state index contributed by atoms with van der Waals surface area (Å²) in [5.41, 5.74) is 2.22. The highest BCUT2D eigenvalue weighted by atomic mass is 32.2. The molecule has 1 aliphatic rings. The molecule has 3 rings (SSSR count). The van der Waals surface area contributed by atoms with E-state index in [9.17, 15) is 12.8 Å². The number of rotatable bonds is 4. The summed E-state index contributed by atoms with van der Waals surface area (Å²) in [6.07, 6.45) is 0. The minimum Gasteiger partial charge on any atom is -0.366 e. The summed E-state index contributed by atoms with van der Waals surface area (Å²) < 4.78 is 40.3. The van der Waals surface area contributed by atoms with Crippen LogP contribution in [0.1, 0.15) is 19.4 Å². The third-order valence-corrected chi connectivity index (χ3v) is 5.97. The maximum absolute atomic E-state index is 13.0. The second-order valence-corrected chi connectivity index (χ2v) is 8.12. The van der Waals surface area contributed by atoms with Gasteiger partial charge in [0.05, 0.1) is 23.7 Å². The molecule has 0 aliphatic carbocycles. The Morgan fingerprint density at radius 2 is 1.62 bits per heavy atom. The Balaban J connectivity index is 1.93. The smallest absolute Gasteiger partial charge is 0.239 e. The number of nitrogens with zero attached hydrogens (tertiary/aromatic N) is 2. The van der Waals surface area contributed by atoms with Crippen LogP contribution in [0.3, 0.4) is 0 Å². The molecule has 1 heterocycles. The lowest BCUT2D eigenvalue weighted by atomic mass is 10.1. The van der Waals surface area contributed by atoms with Gasteiger partial charge in [0.1, 0.15) is 5.82 Å². The Bertz CT molecular complexity index is 819. The van der Waals surface area contributed by atoms with E-state index in [1.165, 1.54) is 28.6 Å². The number of halogens is 1. The molecule has 0 unspecified atom stereocenters. The lowest BCUT2D eigenvalue weighted by Gasteiger charge is -2.40. The van der Waals surface area contributed by atoms with Crippen molar-refractivity contribution in [3.63, 3.8) is 0 Å². The van der Waals surface area contributed by atoms with Crippen LogP contribution in [0.2, 0.25) is 0 Å². The summed E-state index contributed by atoms with van der Waals surface area (Å²) in [7, 11) is -3.53. The molecule has 0 bridgehead atoms. The summed E-state index contributed by atoms with van der Waals surface area (Å²) >= 11 is 0. The Hall–Kier alpha value is -2.08. The predicted molar refractivity (Wildman–Crippen MR) is 95.3 cm³/mol. The zero-order valence-corrected chi connectivity index (χ0v) is 14.6. The first-order valence-electron chi connectivity index (χ1n) is 7.99.